The summed E-state index contributed by atoms with van der Waals surface area (Å²) in [6, 6.07) is 7.83. The molecule has 0 radical (unpaired) electrons. The van der Waals surface area contributed by atoms with Crippen LogP contribution in [0.25, 0.3) is 0 Å². The minimum atomic E-state index is -0.341. The second kappa shape index (κ2) is 8.57. The van der Waals surface area contributed by atoms with Crippen LogP contribution in [-0.4, -0.2) is 25.0 Å². The molecule has 0 fully saturated rings. The number of hydrogen-bond donors (Lipinski definition) is 2. The first-order valence-corrected chi connectivity index (χ1v) is 10.2. The molecule has 0 bridgehead atoms. The molecule has 0 saturated heterocycles. The highest BCUT2D eigenvalue weighted by Gasteiger charge is 2.29. The molecule has 5 nitrogen and oxygen atoms in total. The highest BCUT2D eigenvalue weighted by atomic mass is 32.1. The highest BCUT2D eigenvalue weighted by molar-refractivity contribution is 7.17. The van der Waals surface area contributed by atoms with Crippen LogP contribution in [0, 0.1) is 12.8 Å². The first-order chi connectivity index (χ1) is 13.0. The van der Waals surface area contributed by atoms with Crippen molar-refractivity contribution in [2.45, 2.75) is 40.0 Å². The largest absolute Gasteiger partial charge is 0.462 e. The molecule has 1 atom stereocenters. The Labute approximate surface area is 164 Å². The Morgan fingerprint density at radius 3 is 2.81 bits per heavy atom. The van der Waals surface area contributed by atoms with Crippen molar-refractivity contribution in [3.05, 3.63) is 45.8 Å². The van der Waals surface area contributed by atoms with Crippen LogP contribution in [0.1, 0.15) is 46.6 Å². The Morgan fingerprint density at radius 1 is 1.30 bits per heavy atom. The van der Waals surface area contributed by atoms with Gasteiger partial charge in [-0.3, -0.25) is 4.79 Å². The lowest BCUT2D eigenvalue weighted by Gasteiger charge is -2.18. The number of amides is 1. The Morgan fingerprint density at radius 2 is 2.07 bits per heavy atom. The van der Waals surface area contributed by atoms with Crippen molar-refractivity contribution < 1.29 is 14.3 Å². The summed E-state index contributed by atoms with van der Waals surface area (Å²) in [6.45, 7) is 6.47. The number of para-hydroxylation sites is 1. The average Bonchev–Trinajstić information content (AvgIpc) is 2.98. The van der Waals surface area contributed by atoms with E-state index in [4.69, 9.17) is 4.74 Å². The van der Waals surface area contributed by atoms with Crippen molar-refractivity contribution >= 4 is 33.9 Å². The number of ether oxygens (including phenoxy) is 1. The summed E-state index contributed by atoms with van der Waals surface area (Å²) in [5, 5.41) is 6.69. The van der Waals surface area contributed by atoms with E-state index in [1.807, 2.05) is 31.2 Å². The van der Waals surface area contributed by atoms with Crippen LogP contribution in [0.3, 0.4) is 0 Å². The van der Waals surface area contributed by atoms with Crippen LogP contribution in [0.15, 0.2) is 24.3 Å². The first-order valence-electron chi connectivity index (χ1n) is 9.40. The molecule has 0 aliphatic heterocycles. The summed E-state index contributed by atoms with van der Waals surface area (Å²) in [4.78, 5) is 26.2. The van der Waals surface area contributed by atoms with Crippen molar-refractivity contribution in [1.82, 2.24) is 0 Å². The lowest BCUT2D eigenvalue weighted by atomic mass is 9.88. The third kappa shape index (κ3) is 4.50. The van der Waals surface area contributed by atoms with Gasteiger partial charge in [-0.15, -0.1) is 11.3 Å². The van der Waals surface area contributed by atoms with E-state index in [-0.39, 0.29) is 18.4 Å². The normalized spacial score (nSPS) is 15.7. The second-order valence-electron chi connectivity index (χ2n) is 6.99. The number of aryl methyl sites for hydroxylation is 1. The molecule has 144 valence electrons. The van der Waals surface area contributed by atoms with E-state index in [0.717, 1.165) is 36.1 Å². The second-order valence-corrected chi connectivity index (χ2v) is 8.10. The summed E-state index contributed by atoms with van der Waals surface area (Å²) in [6.07, 6.45) is 2.86. The molecule has 3 rings (SSSR count). The molecule has 2 N–H and O–H groups in total. The summed E-state index contributed by atoms with van der Waals surface area (Å²) in [7, 11) is 0. The van der Waals surface area contributed by atoms with Crippen LogP contribution in [0.2, 0.25) is 0 Å². The van der Waals surface area contributed by atoms with Gasteiger partial charge in [0, 0.05) is 10.6 Å². The van der Waals surface area contributed by atoms with Crippen molar-refractivity contribution in [2.75, 3.05) is 23.8 Å². The molecule has 0 unspecified atom stereocenters. The minimum Gasteiger partial charge on any atom is -0.462 e. The number of benzene rings is 1. The van der Waals surface area contributed by atoms with Gasteiger partial charge in [0.1, 0.15) is 5.00 Å². The molecule has 1 aliphatic rings. The maximum absolute atomic E-state index is 12.5. The topological polar surface area (TPSA) is 67.4 Å². The molecular weight excluding hydrogens is 360 g/mol. The Bertz CT molecular complexity index is 844. The number of fused-ring (bicyclic) bond motifs is 1. The van der Waals surface area contributed by atoms with E-state index in [1.54, 1.807) is 6.92 Å². The summed E-state index contributed by atoms with van der Waals surface area (Å²) < 4.78 is 5.25. The number of esters is 1. The zero-order chi connectivity index (χ0) is 19.4. The summed E-state index contributed by atoms with van der Waals surface area (Å²) >= 11 is 1.51. The van der Waals surface area contributed by atoms with Crippen molar-refractivity contribution in [3.8, 4) is 0 Å². The molecule has 1 aromatic carbocycles. The molecule has 27 heavy (non-hydrogen) atoms. The minimum absolute atomic E-state index is 0.145. The van der Waals surface area contributed by atoms with E-state index in [0.29, 0.717) is 23.1 Å². The first kappa shape index (κ1) is 19.4. The maximum atomic E-state index is 12.5. The third-order valence-corrected chi connectivity index (χ3v) is 6.00. The number of thiophene rings is 1. The molecule has 0 saturated carbocycles. The fourth-order valence-corrected chi connectivity index (χ4v) is 4.79. The quantitative estimate of drug-likeness (QED) is 0.722. The van der Waals surface area contributed by atoms with Gasteiger partial charge in [-0.05, 0) is 56.2 Å². The molecule has 6 heteroatoms. The predicted molar refractivity (Wildman–Crippen MR) is 110 cm³/mol. The van der Waals surface area contributed by atoms with Crippen molar-refractivity contribution in [2.24, 2.45) is 5.92 Å². The standard InChI is InChI=1S/C21H26N2O3S/c1-4-26-21(25)19-15-10-9-13(2)11-17(15)27-20(19)23-18(24)12-22-16-8-6-5-7-14(16)3/h5-8,13,22H,4,9-12H2,1-3H3,(H,23,24)/t13-/m1/s1. The van der Waals surface area contributed by atoms with Crippen molar-refractivity contribution in [3.63, 3.8) is 0 Å². The van der Waals surface area contributed by atoms with Crippen LogP contribution in [-0.2, 0) is 22.4 Å². The van der Waals surface area contributed by atoms with E-state index < -0.39 is 0 Å². The van der Waals surface area contributed by atoms with Crippen molar-refractivity contribution in [1.29, 1.82) is 0 Å². The van der Waals surface area contributed by atoms with E-state index >= 15 is 0 Å². The van der Waals surface area contributed by atoms with Gasteiger partial charge in [0.15, 0.2) is 0 Å². The molecule has 1 aromatic heterocycles. The molecular formula is C21H26N2O3S. The smallest absolute Gasteiger partial charge is 0.341 e. The lowest BCUT2D eigenvalue weighted by Crippen LogP contribution is -2.23. The van der Waals surface area contributed by atoms with Gasteiger partial charge in [-0.1, -0.05) is 25.1 Å². The number of carbonyl (C=O) groups excluding carboxylic acids is 2. The van der Waals surface area contributed by atoms with E-state index in [2.05, 4.69) is 17.6 Å². The van der Waals surface area contributed by atoms with Crippen LogP contribution in [0.4, 0.5) is 10.7 Å². The van der Waals surface area contributed by atoms with Gasteiger partial charge in [0.2, 0.25) is 5.91 Å². The Balaban J connectivity index is 1.76. The van der Waals surface area contributed by atoms with Gasteiger partial charge in [0.25, 0.3) is 0 Å². The van der Waals surface area contributed by atoms with E-state index in [9.17, 15) is 9.59 Å². The number of carbonyl (C=O) groups is 2. The summed E-state index contributed by atoms with van der Waals surface area (Å²) in [5.41, 5.74) is 3.61. The van der Waals surface area contributed by atoms with Gasteiger partial charge in [0.05, 0.1) is 18.7 Å². The molecule has 2 aromatic rings. The zero-order valence-electron chi connectivity index (χ0n) is 16.1. The van der Waals surface area contributed by atoms with Crippen LogP contribution >= 0.6 is 11.3 Å². The highest BCUT2D eigenvalue weighted by Crippen LogP contribution is 2.40. The fourth-order valence-electron chi connectivity index (χ4n) is 3.38. The fraction of sp³-hybridized carbons (Fsp3) is 0.429. The predicted octanol–water partition coefficient (Wildman–Crippen LogP) is 4.41. The van der Waals surface area contributed by atoms with Gasteiger partial charge in [-0.2, -0.15) is 0 Å². The SMILES string of the molecule is CCOC(=O)c1c(NC(=O)CNc2ccccc2C)sc2c1CC[C@@H](C)C2. The summed E-state index contributed by atoms with van der Waals surface area (Å²) in [5.74, 6) is 0.0830. The molecule has 1 aliphatic carbocycles. The number of hydrogen-bond acceptors (Lipinski definition) is 5. The molecule has 0 spiro atoms. The average molecular weight is 387 g/mol. The number of nitrogens with one attached hydrogen (secondary N) is 2. The third-order valence-electron chi connectivity index (χ3n) is 4.83. The van der Waals surface area contributed by atoms with Gasteiger partial charge < -0.3 is 15.4 Å². The molecule has 1 heterocycles. The van der Waals surface area contributed by atoms with Gasteiger partial charge >= 0.3 is 5.97 Å². The monoisotopic (exact) mass is 386 g/mol. The number of anilines is 2. The lowest BCUT2D eigenvalue weighted by molar-refractivity contribution is -0.114. The van der Waals surface area contributed by atoms with Crippen LogP contribution in [0.5, 0.6) is 0 Å². The Hall–Kier alpha value is -2.34. The van der Waals surface area contributed by atoms with Crippen LogP contribution < -0.4 is 10.6 Å². The van der Waals surface area contributed by atoms with Gasteiger partial charge in [-0.25, -0.2) is 4.79 Å². The van der Waals surface area contributed by atoms with E-state index in [1.165, 1.54) is 16.2 Å². The number of rotatable bonds is 6. The zero-order valence-corrected chi connectivity index (χ0v) is 16.9. The maximum Gasteiger partial charge on any atom is 0.341 e. The Kier molecular flexibility index (Phi) is 6.16. The molecule has 1 amide bonds.